The summed E-state index contributed by atoms with van der Waals surface area (Å²) in [7, 11) is 1.70. The van der Waals surface area contributed by atoms with E-state index < -0.39 is 11.7 Å². The zero-order valence-electron chi connectivity index (χ0n) is 12.4. The molecular weight excluding hydrogens is 293 g/mol. The first kappa shape index (κ1) is 18.1. The summed E-state index contributed by atoms with van der Waals surface area (Å²) in [6.45, 7) is 1.67. The maximum atomic E-state index is 12.3. The molecule has 0 fully saturated rings. The molecule has 1 heterocycles. The zero-order chi connectivity index (χ0) is 16.6. The quantitative estimate of drug-likeness (QED) is 0.579. The van der Waals surface area contributed by atoms with E-state index in [9.17, 15) is 13.2 Å². The van der Waals surface area contributed by atoms with E-state index >= 15 is 0 Å². The maximum Gasteiger partial charge on any atom is 0.416 e. The van der Waals surface area contributed by atoms with Gasteiger partial charge in [-0.25, -0.2) is 5.84 Å². The number of nitrogens with one attached hydrogen (secondary N) is 1. The van der Waals surface area contributed by atoms with Gasteiger partial charge in [0.15, 0.2) is 0 Å². The fourth-order valence-electron chi connectivity index (χ4n) is 1.89. The molecule has 0 spiro atoms. The first-order valence-electron chi connectivity index (χ1n) is 6.78. The summed E-state index contributed by atoms with van der Waals surface area (Å²) in [5, 5.41) is 4.54. The molecule has 0 radical (unpaired) electrons. The second-order valence-corrected chi connectivity index (χ2v) is 4.77. The first-order chi connectivity index (χ1) is 10.3. The van der Waals surface area contributed by atoms with Crippen LogP contribution in [0.2, 0.25) is 0 Å². The van der Waals surface area contributed by atoms with E-state index in [0.717, 1.165) is 42.8 Å². The fourth-order valence-corrected chi connectivity index (χ4v) is 1.89. The Kier molecular flexibility index (Phi) is 6.94. The highest BCUT2D eigenvalue weighted by Crippen LogP contribution is 2.30. The predicted molar refractivity (Wildman–Crippen MR) is 82.2 cm³/mol. The summed E-state index contributed by atoms with van der Waals surface area (Å²) in [6.07, 6.45) is 1.57. The smallest absolute Gasteiger partial charge is 0.403 e. The lowest BCUT2D eigenvalue weighted by molar-refractivity contribution is -0.137. The molecule has 1 aliphatic heterocycles. The van der Waals surface area contributed by atoms with Gasteiger partial charge in [-0.2, -0.15) is 13.2 Å². The molecule has 4 nitrogen and oxygen atoms in total. The van der Waals surface area contributed by atoms with Crippen molar-refractivity contribution in [1.82, 2.24) is 10.3 Å². The molecule has 1 aliphatic rings. The van der Waals surface area contributed by atoms with Gasteiger partial charge < -0.3 is 16.1 Å². The van der Waals surface area contributed by atoms with Crippen LogP contribution in [0.3, 0.4) is 0 Å². The third-order valence-corrected chi connectivity index (χ3v) is 2.97. The van der Waals surface area contributed by atoms with Crippen molar-refractivity contribution < 1.29 is 13.2 Å². The molecule has 0 bridgehead atoms. The van der Waals surface area contributed by atoms with E-state index in [1.807, 2.05) is 6.08 Å². The monoisotopic (exact) mass is 314 g/mol. The van der Waals surface area contributed by atoms with Crippen LogP contribution in [-0.4, -0.2) is 25.1 Å². The van der Waals surface area contributed by atoms with Crippen molar-refractivity contribution in [3.63, 3.8) is 0 Å². The highest BCUT2D eigenvalue weighted by atomic mass is 19.4. The van der Waals surface area contributed by atoms with E-state index in [4.69, 9.17) is 11.6 Å². The molecule has 0 amide bonds. The SMILES string of the molecule is CN(N)/C=C\N.FC(F)(F)c1ccc(C2=CCNCC2)cc1. The molecule has 1 aromatic rings. The summed E-state index contributed by atoms with van der Waals surface area (Å²) in [5.74, 6) is 5.07. The molecule has 122 valence electrons. The largest absolute Gasteiger partial charge is 0.416 e. The van der Waals surface area contributed by atoms with Crippen LogP contribution < -0.4 is 16.9 Å². The Labute approximate surface area is 128 Å². The standard InChI is InChI=1S/C12H12F3N.C3H9N3/c13-12(14,15)11-3-1-9(2-4-11)10-5-7-16-8-6-10;1-6(5)3-2-4/h1-5,16H,6-8H2;2-3H,4-5H2,1H3/b;3-2-. The van der Waals surface area contributed by atoms with Crippen LogP contribution in [0.5, 0.6) is 0 Å². The van der Waals surface area contributed by atoms with Gasteiger partial charge in [0, 0.05) is 26.0 Å². The van der Waals surface area contributed by atoms with Gasteiger partial charge in [0.05, 0.1) is 5.56 Å². The van der Waals surface area contributed by atoms with Crippen molar-refractivity contribution >= 4 is 5.57 Å². The summed E-state index contributed by atoms with van der Waals surface area (Å²) in [4.78, 5) is 0. The molecule has 5 N–H and O–H groups in total. The third kappa shape index (κ3) is 6.19. The minimum absolute atomic E-state index is 0.592. The zero-order valence-corrected chi connectivity index (χ0v) is 12.4. The average molecular weight is 314 g/mol. The molecule has 0 atom stereocenters. The molecule has 0 saturated carbocycles. The van der Waals surface area contributed by atoms with Crippen LogP contribution in [-0.2, 0) is 6.18 Å². The lowest BCUT2D eigenvalue weighted by Gasteiger charge is -2.15. The Morgan fingerprint density at radius 3 is 2.23 bits per heavy atom. The predicted octanol–water partition coefficient (Wildman–Crippen LogP) is 2.30. The average Bonchev–Trinajstić information content (AvgIpc) is 2.48. The number of nitrogens with zero attached hydrogens (tertiary/aromatic N) is 1. The van der Waals surface area contributed by atoms with Gasteiger partial charge >= 0.3 is 6.18 Å². The number of hydrazine groups is 1. The lowest BCUT2D eigenvalue weighted by atomic mass is 9.99. The number of hydrogen-bond donors (Lipinski definition) is 3. The van der Waals surface area contributed by atoms with Crippen molar-refractivity contribution in [2.75, 3.05) is 20.1 Å². The molecular formula is C15H21F3N4. The second kappa shape index (κ2) is 8.45. The Balaban J connectivity index is 0.000000346. The van der Waals surface area contributed by atoms with Gasteiger partial charge in [-0.15, -0.1) is 0 Å². The van der Waals surface area contributed by atoms with Gasteiger partial charge in [0.1, 0.15) is 0 Å². The van der Waals surface area contributed by atoms with Gasteiger partial charge in [0.25, 0.3) is 0 Å². The maximum absolute atomic E-state index is 12.3. The van der Waals surface area contributed by atoms with Gasteiger partial charge in [0.2, 0.25) is 0 Å². The number of halogens is 3. The molecule has 22 heavy (non-hydrogen) atoms. The molecule has 0 aliphatic carbocycles. The van der Waals surface area contributed by atoms with Gasteiger partial charge in [-0.1, -0.05) is 18.2 Å². The number of alkyl halides is 3. The Hall–Kier alpha value is -1.99. The van der Waals surface area contributed by atoms with Crippen LogP contribution in [0.25, 0.3) is 5.57 Å². The van der Waals surface area contributed by atoms with Crippen molar-refractivity contribution in [2.45, 2.75) is 12.6 Å². The highest BCUT2D eigenvalue weighted by Gasteiger charge is 2.30. The van der Waals surface area contributed by atoms with Crippen LogP contribution in [0.1, 0.15) is 17.5 Å². The van der Waals surface area contributed by atoms with Crippen LogP contribution in [0.4, 0.5) is 13.2 Å². The van der Waals surface area contributed by atoms with Crippen LogP contribution >= 0.6 is 0 Å². The van der Waals surface area contributed by atoms with Crippen LogP contribution in [0.15, 0.2) is 42.7 Å². The molecule has 2 rings (SSSR count). The second-order valence-electron chi connectivity index (χ2n) is 4.77. The van der Waals surface area contributed by atoms with E-state index in [-0.39, 0.29) is 0 Å². The van der Waals surface area contributed by atoms with E-state index in [0.29, 0.717) is 0 Å². The molecule has 1 aromatic carbocycles. The van der Waals surface area contributed by atoms with Gasteiger partial charge in [-0.3, -0.25) is 0 Å². The first-order valence-corrected chi connectivity index (χ1v) is 6.78. The minimum Gasteiger partial charge on any atom is -0.403 e. The molecule has 0 unspecified atom stereocenters. The van der Waals surface area contributed by atoms with E-state index in [1.165, 1.54) is 11.2 Å². The van der Waals surface area contributed by atoms with Crippen molar-refractivity contribution in [2.24, 2.45) is 11.6 Å². The van der Waals surface area contributed by atoms with Gasteiger partial charge in [-0.05, 0) is 36.2 Å². The van der Waals surface area contributed by atoms with Crippen LogP contribution in [0, 0.1) is 0 Å². The summed E-state index contributed by atoms with van der Waals surface area (Å²) >= 11 is 0. The summed E-state index contributed by atoms with van der Waals surface area (Å²) in [5.41, 5.74) is 6.34. The summed E-state index contributed by atoms with van der Waals surface area (Å²) in [6, 6.07) is 5.36. The van der Waals surface area contributed by atoms with Crippen molar-refractivity contribution in [1.29, 1.82) is 0 Å². The number of hydrogen-bond acceptors (Lipinski definition) is 4. The van der Waals surface area contributed by atoms with Crippen molar-refractivity contribution in [3.8, 4) is 0 Å². The molecule has 7 heteroatoms. The number of rotatable bonds is 2. The van der Waals surface area contributed by atoms with E-state index in [1.54, 1.807) is 25.4 Å². The Morgan fingerprint density at radius 1 is 1.23 bits per heavy atom. The summed E-state index contributed by atoms with van der Waals surface area (Å²) < 4.78 is 37.0. The number of nitrogens with two attached hydrogens (primary N) is 2. The molecule has 0 saturated heterocycles. The van der Waals surface area contributed by atoms with E-state index in [2.05, 4.69) is 5.32 Å². The topological polar surface area (TPSA) is 67.3 Å². The third-order valence-electron chi connectivity index (χ3n) is 2.97. The normalized spacial score (nSPS) is 15.0. The fraction of sp³-hybridized carbons (Fsp3) is 0.333. The highest BCUT2D eigenvalue weighted by molar-refractivity contribution is 5.66. The van der Waals surface area contributed by atoms with Crippen molar-refractivity contribution in [3.05, 3.63) is 53.9 Å². The Bertz CT molecular complexity index is 505. The lowest BCUT2D eigenvalue weighted by Crippen LogP contribution is -2.20. The Morgan fingerprint density at radius 2 is 1.86 bits per heavy atom. The number of benzene rings is 1. The minimum atomic E-state index is -4.25. The molecule has 0 aromatic heterocycles.